The van der Waals surface area contributed by atoms with Crippen molar-refractivity contribution in [3.8, 4) is 11.5 Å². The first kappa shape index (κ1) is 22.2. The molecule has 1 aromatic heterocycles. The average molecular weight is 492 g/mol. The zero-order valence-electron chi connectivity index (χ0n) is 18.1. The minimum absolute atomic E-state index is 0.102. The number of benzene rings is 3. The lowest BCUT2D eigenvalue weighted by Gasteiger charge is -2.18. The van der Waals surface area contributed by atoms with Gasteiger partial charge in [-0.3, -0.25) is 9.59 Å². The van der Waals surface area contributed by atoms with E-state index in [0.717, 1.165) is 20.8 Å². The first-order valence-corrected chi connectivity index (χ1v) is 12.5. The summed E-state index contributed by atoms with van der Waals surface area (Å²) in [7, 11) is 0. The molecule has 2 heterocycles. The summed E-state index contributed by atoms with van der Waals surface area (Å²) in [5.41, 5.74) is 2.10. The number of anilines is 2. The van der Waals surface area contributed by atoms with Crippen molar-refractivity contribution in [3.63, 3.8) is 0 Å². The molecule has 0 aliphatic carbocycles. The number of carbonyl (C=O) groups is 2. The van der Waals surface area contributed by atoms with Crippen LogP contribution in [-0.2, 0) is 16.0 Å². The summed E-state index contributed by atoms with van der Waals surface area (Å²) >= 11 is 2.78. The van der Waals surface area contributed by atoms with Gasteiger partial charge < -0.3 is 20.1 Å². The van der Waals surface area contributed by atoms with Crippen molar-refractivity contribution >= 4 is 57.1 Å². The van der Waals surface area contributed by atoms with Gasteiger partial charge in [0.05, 0.1) is 17.9 Å². The van der Waals surface area contributed by atoms with E-state index in [0.29, 0.717) is 36.1 Å². The smallest absolute Gasteiger partial charge is 0.234 e. The third-order valence-corrected chi connectivity index (χ3v) is 7.16. The standard InChI is InChI=1S/C25H21N3O4S2/c29-23(26-17-8-9-21-22(12-17)32-11-10-31-21)13-18-14-33-25(27-18)34-15-24(30)28-20-7-3-5-16-4-1-2-6-19(16)20/h1-9,12,14H,10-11,13,15H2,(H,26,29)(H,28,30). The van der Waals surface area contributed by atoms with E-state index in [4.69, 9.17) is 9.47 Å². The second-order valence-corrected chi connectivity index (χ2v) is 9.63. The Kier molecular flexibility index (Phi) is 6.64. The maximum atomic E-state index is 12.5. The molecule has 0 radical (unpaired) electrons. The second-order valence-electron chi connectivity index (χ2n) is 7.55. The molecular formula is C25H21N3O4S2. The molecule has 2 amide bonds. The fourth-order valence-corrected chi connectivity index (χ4v) is 5.22. The van der Waals surface area contributed by atoms with E-state index in [9.17, 15) is 9.59 Å². The molecule has 0 bridgehead atoms. The molecule has 4 aromatic rings. The summed E-state index contributed by atoms with van der Waals surface area (Å²) in [6.07, 6.45) is 0.147. The normalized spacial score (nSPS) is 12.4. The number of hydrogen-bond acceptors (Lipinski definition) is 7. The molecule has 3 aromatic carbocycles. The molecule has 0 saturated carbocycles. The number of thiazole rings is 1. The van der Waals surface area contributed by atoms with Crippen molar-refractivity contribution in [2.45, 2.75) is 10.8 Å². The number of aromatic nitrogens is 1. The van der Waals surface area contributed by atoms with E-state index >= 15 is 0 Å². The van der Waals surface area contributed by atoms with Crippen molar-refractivity contribution < 1.29 is 19.1 Å². The molecule has 1 aliphatic rings. The maximum Gasteiger partial charge on any atom is 0.234 e. The van der Waals surface area contributed by atoms with Gasteiger partial charge in [0, 0.05) is 28.2 Å². The Morgan fingerprint density at radius 2 is 1.76 bits per heavy atom. The highest BCUT2D eigenvalue weighted by Crippen LogP contribution is 2.32. The summed E-state index contributed by atoms with van der Waals surface area (Å²) in [6.45, 7) is 1.01. The molecule has 34 heavy (non-hydrogen) atoms. The van der Waals surface area contributed by atoms with Crippen LogP contribution in [0.25, 0.3) is 10.8 Å². The zero-order valence-corrected chi connectivity index (χ0v) is 19.7. The van der Waals surface area contributed by atoms with E-state index in [1.54, 1.807) is 18.2 Å². The number of nitrogens with one attached hydrogen (secondary N) is 2. The van der Waals surface area contributed by atoms with Gasteiger partial charge in [-0.1, -0.05) is 48.2 Å². The Labute approximate surface area is 204 Å². The van der Waals surface area contributed by atoms with Crippen molar-refractivity contribution in [2.24, 2.45) is 0 Å². The fraction of sp³-hybridized carbons (Fsp3) is 0.160. The molecule has 2 N–H and O–H groups in total. The predicted molar refractivity (Wildman–Crippen MR) is 135 cm³/mol. The van der Waals surface area contributed by atoms with E-state index in [-0.39, 0.29) is 24.0 Å². The number of rotatable bonds is 7. The Bertz CT molecular complexity index is 1350. The van der Waals surface area contributed by atoms with Crippen LogP contribution < -0.4 is 20.1 Å². The van der Waals surface area contributed by atoms with Gasteiger partial charge >= 0.3 is 0 Å². The third kappa shape index (κ3) is 5.32. The molecule has 0 spiro atoms. The molecule has 0 fully saturated rings. The van der Waals surface area contributed by atoms with Crippen LogP contribution in [-0.4, -0.2) is 35.8 Å². The van der Waals surface area contributed by atoms with Gasteiger partial charge in [-0.25, -0.2) is 4.98 Å². The maximum absolute atomic E-state index is 12.5. The molecule has 0 unspecified atom stereocenters. The van der Waals surface area contributed by atoms with E-state index in [1.165, 1.54) is 23.1 Å². The van der Waals surface area contributed by atoms with Crippen molar-refractivity contribution in [2.75, 3.05) is 29.6 Å². The predicted octanol–water partition coefficient (Wildman–Crippen LogP) is 4.98. The summed E-state index contributed by atoms with van der Waals surface area (Å²) < 4.78 is 11.8. The van der Waals surface area contributed by atoms with Crippen molar-refractivity contribution in [3.05, 3.63) is 71.7 Å². The molecule has 5 rings (SSSR count). The van der Waals surface area contributed by atoms with E-state index < -0.39 is 0 Å². The fourth-order valence-electron chi connectivity index (χ4n) is 3.57. The van der Waals surface area contributed by atoms with Crippen molar-refractivity contribution in [1.29, 1.82) is 0 Å². The molecule has 0 atom stereocenters. The molecule has 1 aliphatic heterocycles. The Balaban J connectivity index is 1.13. The third-order valence-electron chi connectivity index (χ3n) is 5.09. The number of fused-ring (bicyclic) bond motifs is 2. The van der Waals surface area contributed by atoms with Crippen LogP contribution in [0.3, 0.4) is 0 Å². The van der Waals surface area contributed by atoms with E-state index in [1.807, 2.05) is 47.8 Å². The number of thioether (sulfide) groups is 1. The second kappa shape index (κ2) is 10.1. The SMILES string of the molecule is O=C(Cc1csc(SCC(=O)Nc2cccc3ccccc23)n1)Nc1ccc2c(c1)OCCO2. The zero-order chi connectivity index (χ0) is 23.3. The van der Waals surface area contributed by atoms with Gasteiger partial charge in [0.2, 0.25) is 11.8 Å². The number of amides is 2. The lowest BCUT2D eigenvalue weighted by atomic mass is 10.1. The summed E-state index contributed by atoms with van der Waals surface area (Å²) in [4.78, 5) is 29.4. The molecular weight excluding hydrogens is 470 g/mol. The Morgan fingerprint density at radius 1 is 0.941 bits per heavy atom. The highest BCUT2D eigenvalue weighted by molar-refractivity contribution is 8.01. The van der Waals surface area contributed by atoms with Crippen LogP contribution in [0.2, 0.25) is 0 Å². The lowest BCUT2D eigenvalue weighted by molar-refractivity contribution is -0.116. The topological polar surface area (TPSA) is 89.6 Å². The number of carbonyl (C=O) groups excluding carboxylic acids is 2. The first-order chi connectivity index (χ1) is 16.6. The quantitative estimate of drug-likeness (QED) is 0.355. The summed E-state index contributed by atoms with van der Waals surface area (Å²) in [5.74, 6) is 1.26. The van der Waals surface area contributed by atoms with Gasteiger partial charge in [-0.2, -0.15) is 0 Å². The van der Waals surface area contributed by atoms with Crippen molar-refractivity contribution in [1.82, 2.24) is 4.98 Å². The number of ether oxygens (including phenoxy) is 2. The lowest BCUT2D eigenvalue weighted by Crippen LogP contribution is -2.17. The Hall–Kier alpha value is -3.56. The van der Waals surface area contributed by atoms with Gasteiger partial charge in [0.15, 0.2) is 15.8 Å². The highest BCUT2D eigenvalue weighted by atomic mass is 32.2. The van der Waals surface area contributed by atoms with Crippen LogP contribution >= 0.6 is 23.1 Å². The first-order valence-electron chi connectivity index (χ1n) is 10.7. The van der Waals surface area contributed by atoms with E-state index in [2.05, 4.69) is 15.6 Å². The summed E-state index contributed by atoms with van der Waals surface area (Å²) in [5, 5.41) is 9.76. The highest BCUT2D eigenvalue weighted by Gasteiger charge is 2.14. The largest absolute Gasteiger partial charge is 0.486 e. The van der Waals surface area contributed by atoms with Crippen LogP contribution in [0.1, 0.15) is 5.69 Å². The van der Waals surface area contributed by atoms with Crippen LogP contribution in [0, 0.1) is 0 Å². The minimum Gasteiger partial charge on any atom is -0.486 e. The minimum atomic E-state index is -0.174. The Morgan fingerprint density at radius 3 is 2.68 bits per heavy atom. The molecule has 172 valence electrons. The van der Waals surface area contributed by atoms with Crippen LogP contribution in [0.15, 0.2) is 70.4 Å². The van der Waals surface area contributed by atoms with Crippen LogP contribution in [0.4, 0.5) is 11.4 Å². The monoisotopic (exact) mass is 491 g/mol. The summed E-state index contributed by atoms with van der Waals surface area (Å²) in [6, 6.07) is 19.1. The van der Waals surface area contributed by atoms with Gasteiger partial charge in [0.1, 0.15) is 13.2 Å². The van der Waals surface area contributed by atoms with Gasteiger partial charge in [-0.15, -0.1) is 11.3 Å². The van der Waals surface area contributed by atoms with Gasteiger partial charge in [-0.05, 0) is 23.6 Å². The molecule has 9 heteroatoms. The number of hydrogen-bond donors (Lipinski definition) is 2. The number of nitrogens with zero attached hydrogens (tertiary/aromatic N) is 1. The molecule has 7 nitrogen and oxygen atoms in total. The van der Waals surface area contributed by atoms with Gasteiger partial charge in [0.25, 0.3) is 0 Å². The van der Waals surface area contributed by atoms with Crippen LogP contribution in [0.5, 0.6) is 11.5 Å². The molecule has 0 saturated heterocycles. The average Bonchev–Trinajstić information content (AvgIpc) is 3.30.